The molecule has 156 valence electrons. The van der Waals surface area contributed by atoms with E-state index in [1.165, 1.54) is 17.3 Å². The van der Waals surface area contributed by atoms with Crippen LogP contribution >= 0.6 is 11.8 Å². The monoisotopic (exact) mass is 430 g/mol. The number of benzene rings is 3. The molecule has 0 unspecified atom stereocenters. The number of ether oxygens (including phenoxy) is 1. The highest BCUT2D eigenvalue weighted by atomic mass is 32.2. The van der Waals surface area contributed by atoms with E-state index in [9.17, 15) is 4.79 Å². The lowest BCUT2D eigenvalue weighted by Gasteiger charge is -2.09. The van der Waals surface area contributed by atoms with Crippen LogP contribution in [-0.4, -0.2) is 34.5 Å². The van der Waals surface area contributed by atoms with Crippen molar-refractivity contribution in [2.24, 2.45) is 5.10 Å². The van der Waals surface area contributed by atoms with Gasteiger partial charge in [0.2, 0.25) is 0 Å². The van der Waals surface area contributed by atoms with Gasteiger partial charge in [0.25, 0.3) is 5.91 Å². The van der Waals surface area contributed by atoms with Crippen molar-refractivity contribution in [3.05, 3.63) is 90.0 Å². The number of nitrogens with one attached hydrogen (secondary N) is 1. The third-order valence-electron chi connectivity index (χ3n) is 4.63. The number of methoxy groups -OCH3 is 1. The predicted octanol–water partition coefficient (Wildman–Crippen LogP) is 4.34. The summed E-state index contributed by atoms with van der Waals surface area (Å²) < 4.78 is 7.33. The highest BCUT2D eigenvalue weighted by Crippen LogP contribution is 2.25. The van der Waals surface area contributed by atoms with Gasteiger partial charge in [-0.15, -0.1) is 0 Å². The van der Waals surface area contributed by atoms with E-state index in [4.69, 9.17) is 9.72 Å². The summed E-state index contributed by atoms with van der Waals surface area (Å²) >= 11 is 1.40. The molecule has 0 bridgehead atoms. The Morgan fingerprint density at radius 2 is 1.90 bits per heavy atom. The van der Waals surface area contributed by atoms with Crippen LogP contribution in [0.15, 0.2) is 89.1 Å². The van der Waals surface area contributed by atoms with E-state index in [0.717, 1.165) is 27.5 Å². The van der Waals surface area contributed by atoms with Gasteiger partial charge >= 0.3 is 0 Å². The molecule has 6 nitrogen and oxygen atoms in total. The molecule has 0 fully saturated rings. The molecule has 0 aliphatic rings. The summed E-state index contributed by atoms with van der Waals surface area (Å²) in [5, 5.41) is 4.84. The average molecular weight is 431 g/mol. The van der Waals surface area contributed by atoms with Gasteiger partial charge in [-0.3, -0.25) is 4.79 Å². The fourth-order valence-corrected chi connectivity index (χ4v) is 3.95. The standard InChI is InChI=1S/C24H22N4O2S/c1-30-20-11-7-10-19(14-20)15-25-27-23(29)17-31-24-26-21-12-5-6-13-22(21)28(24)16-18-8-3-2-4-9-18/h2-15H,16-17H2,1H3,(H,27,29)/b25-15-. The van der Waals surface area contributed by atoms with Gasteiger partial charge in [0, 0.05) is 0 Å². The number of para-hydroxylation sites is 2. The summed E-state index contributed by atoms with van der Waals surface area (Å²) in [5.74, 6) is 0.763. The third-order valence-corrected chi connectivity index (χ3v) is 5.61. The first kappa shape index (κ1) is 20.7. The van der Waals surface area contributed by atoms with Crippen LogP contribution in [0.25, 0.3) is 11.0 Å². The van der Waals surface area contributed by atoms with Gasteiger partial charge in [0.05, 0.1) is 36.7 Å². The SMILES string of the molecule is COc1cccc(/C=N\NC(=O)CSc2nc3ccccc3n2Cc2ccccc2)c1. The van der Waals surface area contributed by atoms with E-state index in [1.54, 1.807) is 13.3 Å². The molecule has 1 amide bonds. The zero-order valence-electron chi connectivity index (χ0n) is 17.1. The molecule has 1 aromatic heterocycles. The summed E-state index contributed by atoms with van der Waals surface area (Å²) in [4.78, 5) is 17.0. The van der Waals surface area contributed by atoms with Crippen molar-refractivity contribution in [1.29, 1.82) is 0 Å². The van der Waals surface area contributed by atoms with Crippen LogP contribution in [0.2, 0.25) is 0 Å². The van der Waals surface area contributed by atoms with Crippen molar-refractivity contribution in [1.82, 2.24) is 15.0 Å². The van der Waals surface area contributed by atoms with Crippen LogP contribution in [0.4, 0.5) is 0 Å². The van der Waals surface area contributed by atoms with Crippen LogP contribution < -0.4 is 10.2 Å². The lowest BCUT2D eigenvalue weighted by atomic mass is 10.2. The van der Waals surface area contributed by atoms with E-state index in [2.05, 4.69) is 27.2 Å². The number of amides is 1. The van der Waals surface area contributed by atoms with Gasteiger partial charge in [0.15, 0.2) is 5.16 Å². The van der Waals surface area contributed by atoms with E-state index < -0.39 is 0 Å². The summed E-state index contributed by atoms with van der Waals surface area (Å²) in [7, 11) is 1.61. The molecule has 7 heteroatoms. The number of hydrazone groups is 1. The first-order valence-corrected chi connectivity index (χ1v) is 10.8. The number of nitrogens with zero attached hydrogens (tertiary/aromatic N) is 3. The molecule has 0 atom stereocenters. The molecule has 0 radical (unpaired) electrons. The summed E-state index contributed by atoms with van der Waals surface area (Å²) in [6.45, 7) is 0.694. The van der Waals surface area contributed by atoms with E-state index in [1.807, 2.05) is 66.7 Å². The first-order chi connectivity index (χ1) is 15.2. The number of thioether (sulfide) groups is 1. The molecule has 0 aliphatic heterocycles. The number of carbonyl (C=O) groups is 1. The minimum Gasteiger partial charge on any atom is -0.497 e. The minimum absolute atomic E-state index is 0.192. The Balaban J connectivity index is 1.43. The highest BCUT2D eigenvalue weighted by molar-refractivity contribution is 7.99. The number of imidazole rings is 1. The summed E-state index contributed by atoms with van der Waals surface area (Å²) in [5.41, 5.74) is 6.56. The molecule has 0 aliphatic carbocycles. The topological polar surface area (TPSA) is 68.5 Å². The van der Waals surface area contributed by atoms with Crippen LogP contribution in [0.3, 0.4) is 0 Å². The quantitative estimate of drug-likeness (QED) is 0.257. The first-order valence-electron chi connectivity index (χ1n) is 9.81. The van der Waals surface area contributed by atoms with E-state index in [-0.39, 0.29) is 11.7 Å². The molecule has 0 saturated heterocycles. The Hall–Kier alpha value is -3.58. The van der Waals surface area contributed by atoms with Crippen LogP contribution in [-0.2, 0) is 11.3 Å². The van der Waals surface area contributed by atoms with Gasteiger partial charge in [-0.2, -0.15) is 5.10 Å². The largest absolute Gasteiger partial charge is 0.497 e. The second-order valence-electron chi connectivity index (χ2n) is 6.81. The molecule has 0 spiro atoms. The van der Waals surface area contributed by atoms with Crippen LogP contribution in [0, 0.1) is 0 Å². The fraction of sp³-hybridized carbons (Fsp3) is 0.125. The Bertz CT molecular complexity index is 1200. The van der Waals surface area contributed by atoms with Crippen molar-refractivity contribution in [2.75, 3.05) is 12.9 Å². The Labute approximate surface area is 185 Å². The molecule has 0 saturated carbocycles. The molecule has 4 rings (SSSR count). The van der Waals surface area contributed by atoms with Crippen molar-refractivity contribution in [3.8, 4) is 5.75 Å². The Kier molecular flexibility index (Phi) is 6.64. The summed E-state index contributed by atoms with van der Waals surface area (Å²) in [6.07, 6.45) is 1.59. The third kappa shape index (κ3) is 5.32. The zero-order chi connectivity index (χ0) is 21.5. The molecule has 4 aromatic rings. The number of hydrogen-bond acceptors (Lipinski definition) is 5. The van der Waals surface area contributed by atoms with Crippen LogP contribution in [0.1, 0.15) is 11.1 Å². The zero-order valence-corrected chi connectivity index (χ0v) is 17.9. The van der Waals surface area contributed by atoms with Crippen molar-refractivity contribution in [2.45, 2.75) is 11.7 Å². The lowest BCUT2D eigenvalue weighted by molar-refractivity contribution is -0.118. The lowest BCUT2D eigenvalue weighted by Crippen LogP contribution is -2.20. The number of hydrogen-bond donors (Lipinski definition) is 1. The predicted molar refractivity (Wildman–Crippen MR) is 125 cm³/mol. The summed E-state index contributed by atoms with van der Waals surface area (Å²) in [6, 6.07) is 25.7. The van der Waals surface area contributed by atoms with Gasteiger partial charge in [0.1, 0.15) is 5.75 Å². The number of carbonyl (C=O) groups excluding carboxylic acids is 1. The smallest absolute Gasteiger partial charge is 0.250 e. The Morgan fingerprint density at radius 3 is 2.74 bits per heavy atom. The maximum absolute atomic E-state index is 12.3. The van der Waals surface area contributed by atoms with E-state index >= 15 is 0 Å². The molecule has 31 heavy (non-hydrogen) atoms. The van der Waals surface area contributed by atoms with Gasteiger partial charge in [-0.05, 0) is 35.4 Å². The highest BCUT2D eigenvalue weighted by Gasteiger charge is 2.13. The number of fused-ring (bicyclic) bond motifs is 1. The average Bonchev–Trinajstić information content (AvgIpc) is 3.16. The molecular weight excluding hydrogens is 408 g/mol. The maximum Gasteiger partial charge on any atom is 0.250 e. The van der Waals surface area contributed by atoms with Gasteiger partial charge < -0.3 is 9.30 Å². The van der Waals surface area contributed by atoms with Crippen molar-refractivity contribution in [3.63, 3.8) is 0 Å². The molecule has 3 aromatic carbocycles. The van der Waals surface area contributed by atoms with E-state index in [0.29, 0.717) is 6.54 Å². The maximum atomic E-state index is 12.3. The second kappa shape index (κ2) is 9.95. The number of rotatable bonds is 8. The Morgan fingerprint density at radius 1 is 1.10 bits per heavy atom. The second-order valence-corrected chi connectivity index (χ2v) is 7.76. The minimum atomic E-state index is -0.192. The van der Waals surface area contributed by atoms with Crippen molar-refractivity contribution >= 4 is 34.9 Å². The molecular formula is C24H22N4O2S. The van der Waals surface area contributed by atoms with Crippen molar-refractivity contribution < 1.29 is 9.53 Å². The molecule has 1 heterocycles. The van der Waals surface area contributed by atoms with Gasteiger partial charge in [-0.25, -0.2) is 10.4 Å². The van der Waals surface area contributed by atoms with Gasteiger partial charge in [-0.1, -0.05) is 66.4 Å². The van der Waals surface area contributed by atoms with Crippen LogP contribution in [0.5, 0.6) is 5.75 Å². The fourth-order valence-electron chi connectivity index (χ4n) is 3.15. The molecule has 1 N–H and O–H groups in total. The normalized spacial score (nSPS) is 11.1. The number of aromatic nitrogens is 2.